The zero-order valence-corrected chi connectivity index (χ0v) is 18.3. The lowest BCUT2D eigenvalue weighted by Gasteiger charge is -2.12. The third-order valence-electron chi connectivity index (χ3n) is 5.15. The Labute approximate surface area is 182 Å². The van der Waals surface area contributed by atoms with Crippen molar-refractivity contribution in [3.8, 4) is 5.75 Å². The van der Waals surface area contributed by atoms with Gasteiger partial charge < -0.3 is 20.9 Å². The lowest BCUT2D eigenvalue weighted by atomic mass is 10.0. The highest BCUT2D eigenvalue weighted by Gasteiger charge is 2.14. The molecule has 0 bridgehead atoms. The van der Waals surface area contributed by atoms with Crippen LogP contribution in [-0.2, 0) is 16.0 Å². The molecular formula is C24H30N2O3S. The number of allylic oxidation sites excluding steroid dienone is 1. The minimum Gasteiger partial charge on any atom is -0.493 e. The molecule has 0 spiro atoms. The molecule has 6 heteroatoms. The highest BCUT2D eigenvalue weighted by Crippen LogP contribution is 2.35. The Morgan fingerprint density at radius 1 is 1.17 bits per heavy atom. The molecule has 2 aromatic carbocycles. The first-order valence-electron chi connectivity index (χ1n) is 10.3. The van der Waals surface area contributed by atoms with Gasteiger partial charge in [-0.15, -0.1) is 11.8 Å². The van der Waals surface area contributed by atoms with Crippen molar-refractivity contribution in [2.75, 3.05) is 26.0 Å². The summed E-state index contributed by atoms with van der Waals surface area (Å²) >= 11 is 1.78. The topological polar surface area (TPSA) is 87.6 Å². The number of hydrogen-bond acceptors (Lipinski definition) is 6. The van der Waals surface area contributed by atoms with E-state index in [1.807, 2.05) is 6.07 Å². The minimum absolute atomic E-state index is 0.0847. The largest absolute Gasteiger partial charge is 0.493 e. The molecule has 1 atom stereocenters. The van der Waals surface area contributed by atoms with Crippen molar-refractivity contribution in [2.45, 2.75) is 36.6 Å². The number of thioether (sulfide) groups is 1. The van der Waals surface area contributed by atoms with Crippen LogP contribution in [0.1, 0.15) is 36.0 Å². The summed E-state index contributed by atoms with van der Waals surface area (Å²) in [5.41, 5.74) is 16.2. The molecule has 1 unspecified atom stereocenters. The summed E-state index contributed by atoms with van der Waals surface area (Å²) in [4.78, 5) is 12.8. The van der Waals surface area contributed by atoms with E-state index >= 15 is 0 Å². The monoisotopic (exact) mass is 426 g/mol. The van der Waals surface area contributed by atoms with E-state index in [0.717, 1.165) is 25.0 Å². The molecule has 5 nitrogen and oxygen atoms in total. The van der Waals surface area contributed by atoms with Gasteiger partial charge in [-0.05, 0) is 66.0 Å². The van der Waals surface area contributed by atoms with Gasteiger partial charge in [0.05, 0.1) is 13.2 Å². The van der Waals surface area contributed by atoms with Crippen molar-refractivity contribution in [3.05, 3.63) is 59.2 Å². The number of fused-ring (bicyclic) bond motifs is 1. The van der Waals surface area contributed by atoms with Gasteiger partial charge in [0, 0.05) is 17.9 Å². The van der Waals surface area contributed by atoms with E-state index < -0.39 is 12.0 Å². The van der Waals surface area contributed by atoms with Crippen molar-refractivity contribution in [3.63, 3.8) is 0 Å². The van der Waals surface area contributed by atoms with Crippen LogP contribution in [0.2, 0.25) is 0 Å². The molecule has 1 aliphatic rings. The Hall–Kier alpha value is -2.28. The van der Waals surface area contributed by atoms with Gasteiger partial charge in [0.2, 0.25) is 0 Å². The van der Waals surface area contributed by atoms with Gasteiger partial charge in [-0.3, -0.25) is 4.79 Å². The maximum absolute atomic E-state index is 11.5. The molecule has 0 fully saturated rings. The number of carbonyl (C=O) groups excluding carboxylic acids is 1. The molecule has 0 radical (unpaired) electrons. The number of ether oxygens (including phenoxy) is 2. The van der Waals surface area contributed by atoms with Crippen molar-refractivity contribution in [1.82, 2.24) is 0 Å². The molecule has 30 heavy (non-hydrogen) atoms. The molecule has 160 valence electrons. The van der Waals surface area contributed by atoms with Crippen molar-refractivity contribution >= 4 is 29.4 Å². The molecule has 0 amide bonds. The van der Waals surface area contributed by atoms with E-state index in [1.165, 1.54) is 27.2 Å². The quantitative estimate of drug-likeness (QED) is 0.359. The number of rotatable bonds is 9. The van der Waals surface area contributed by atoms with E-state index in [1.54, 1.807) is 11.8 Å². The summed E-state index contributed by atoms with van der Waals surface area (Å²) < 4.78 is 11.0. The predicted octanol–water partition coefficient (Wildman–Crippen LogP) is 3.88. The molecule has 2 aromatic rings. The van der Waals surface area contributed by atoms with Crippen LogP contribution < -0.4 is 16.2 Å². The molecule has 0 aromatic heterocycles. The first kappa shape index (κ1) is 22.4. The Morgan fingerprint density at radius 3 is 2.80 bits per heavy atom. The second-order valence-electron chi connectivity index (χ2n) is 7.30. The normalized spacial score (nSPS) is 14.3. The highest BCUT2D eigenvalue weighted by atomic mass is 32.2. The van der Waals surface area contributed by atoms with Crippen LogP contribution in [0.15, 0.2) is 47.4 Å². The summed E-state index contributed by atoms with van der Waals surface area (Å²) in [5.74, 6) is 0.361. The third-order valence-corrected chi connectivity index (χ3v) is 5.95. The first-order chi connectivity index (χ1) is 14.6. The number of aryl methyl sites for hydroxylation is 1. The van der Waals surface area contributed by atoms with E-state index in [-0.39, 0.29) is 13.2 Å². The number of nitrogens with two attached hydrogens (primary N) is 2. The molecule has 3 rings (SSSR count). The molecule has 4 N–H and O–H groups in total. The van der Waals surface area contributed by atoms with Crippen LogP contribution in [0.25, 0.3) is 11.6 Å². The van der Waals surface area contributed by atoms with Gasteiger partial charge in [0.25, 0.3) is 0 Å². The maximum atomic E-state index is 11.5. The lowest BCUT2D eigenvalue weighted by Crippen LogP contribution is -2.39. The molecule has 0 saturated carbocycles. The maximum Gasteiger partial charge on any atom is 0.324 e. The first-order valence-corrected chi connectivity index (χ1v) is 11.6. The van der Waals surface area contributed by atoms with Gasteiger partial charge in [0.1, 0.15) is 11.8 Å². The third kappa shape index (κ3) is 5.88. The fraction of sp³-hybridized carbons (Fsp3) is 0.375. The summed E-state index contributed by atoms with van der Waals surface area (Å²) in [6, 6.07) is 14.1. The fourth-order valence-electron chi connectivity index (χ4n) is 3.50. The second kappa shape index (κ2) is 11.2. The molecular weight excluding hydrogens is 396 g/mol. The van der Waals surface area contributed by atoms with Gasteiger partial charge >= 0.3 is 5.97 Å². The van der Waals surface area contributed by atoms with E-state index in [9.17, 15) is 4.79 Å². The molecule has 0 aliphatic heterocycles. The van der Waals surface area contributed by atoms with Crippen molar-refractivity contribution in [2.24, 2.45) is 11.5 Å². The number of esters is 1. The number of benzene rings is 2. The van der Waals surface area contributed by atoms with E-state index in [0.29, 0.717) is 13.0 Å². The predicted molar refractivity (Wildman–Crippen MR) is 124 cm³/mol. The highest BCUT2D eigenvalue weighted by molar-refractivity contribution is 7.98. The van der Waals surface area contributed by atoms with Gasteiger partial charge in [-0.25, -0.2) is 0 Å². The Morgan fingerprint density at radius 2 is 2.00 bits per heavy atom. The average molecular weight is 427 g/mol. The summed E-state index contributed by atoms with van der Waals surface area (Å²) in [6.45, 7) is 0.824. The zero-order valence-electron chi connectivity index (χ0n) is 17.4. The van der Waals surface area contributed by atoms with E-state index in [2.05, 4.69) is 48.7 Å². The average Bonchev–Trinajstić information content (AvgIpc) is 3.00. The smallest absolute Gasteiger partial charge is 0.324 e. The van der Waals surface area contributed by atoms with Gasteiger partial charge in [0.15, 0.2) is 0 Å². The Kier molecular flexibility index (Phi) is 8.37. The summed E-state index contributed by atoms with van der Waals surface area (Å²) in [7, 11) is 0. The fourth-order valence-corrected chi connectivity index (χ4v) is 4.14. The second-order valence-corrected chi connectivity index (χ2v) is 8.14. The Bertz CT molecular complexity index is 898. The van der Waals surface area contributed by atoms with Crippen LogP contribution in [0.3, 0.4) is 0 Å². The molecule has 0 heterocycles. The standard InChI is InChI=1S/C24H30N2O3S/c1-30-23-9-3-2-8-21(23)18-7-4-6-17-10-11-20(15-19(17)14-18)28-12-5-13-29-24(27)22(26)16-25/h2-3,8-11,14-15,22H,4-7,12-13,16,25-26H2,1H3. The van der Waals surface area contributed by atoms with Crippen LogP contribution in [0.4, 0.5) is 0 Å². The van der Waals surface area contributed by atoms with Crippen LogP contribution >= 0.6 is 11.8 Å². The SMILES string of the molecule is CSc1ccccc1C1=Cc2cc(OCCCOC(=O)C(N)CN)ccc2CCC1. The van der Waals surface area contributed by atoms with Crippen LogP contribution in [0.5, 0.6) is 5.75 Å². The number of hydrogen-bond donors (Lipinski definition) is 2. The van der Waals surface area contributed by atoms with Crippen LogP contribution in [0, 0.1) is 0 Å². The molecule has 0 saturated heterocycles. The lowest BCUT2D eigenvalue weighted by molar-refractivity contribution is -0.145. The zero-order chi connectivity index (χ0) is 21.3. The van der Waals surface area contributed by atoms with Gasteiger partial charge in [-0.2, -0.15) is 0 Å². The minimum atomic E-state index is -0.757. The molecule has 1 aliphatic carbocycles. The number of carbonyl (C=O) groups is 1. The summed E-state index contributed by atoms with van der Waals surface area (Å²) in [5, 5.41) is 0. The summed E-state index contributed by atoms with van der Waals surface area (Å²) in [6.07, 6.45) is 8.30. The van der Waals surface area contributed by atoms with Crippen molar-refractivity contribution in [1.29, 1.82) is 0 Å². The van der Waals surface area contributed by atoms with Crippen molar-refractivity contribution < 1.29 is 14.3 Å². The van der Waals surface area contributed by atoms with Gasteiger partial charge in [-0.1, -0.05) is 30.3 Å². The Balaban J connectivity index is 1.64. The van der Waals surface area contributed by atoms with Crippen LogP contribution in [-0.4, -0.2) is 38.0 Å². The van der Waals surface area contributed by atoms with E-state index in [4.69, 9.17) is 20.9 Å².